The molecule has 3 rings (SSSR count). The van der Waals surface area contributed by atoms with E-state index in [-0.39, 0.29) is 4.90 Å². The SMILES string of the molecule is CC(NS(=O)(=O)c1cccc2ncccc12)c1ncc[nH]1. The Bertz CT molecular complexity index is 854. The summed E-state index contributed by atoms with van der Waals surface area (Å²) in [6.45, 7) is 1.74. The number of hydrogen-bond donors (Lipinski definition) is 2. The lowest BCUT2D eigenvalue weighted by Crippen LogP contribution is -2.27. The molecule has 1 unspecified atom stereocenters. The normalized spacial score (nSPS) is 13.4. The molecule has 7 heteroatoms. The van der Waals surface area contributed by atoms with Crippen molar-refractivity contribution in [2.45, 2.75) is 17.9 Å². The summed E-state index contributed by atoms with van der Waals surface area (Å²) in [4.78, 5) is 11.3. The lowest BCUT2D eigenvalue weighted by Gasteiger charge is -2.13. The van der Waals surface area contributed by atoms with Gasteiger partial charge in [-0.1, -0.05) is 6.07 Å². The Hall–Kier alpha value is -2.25. The van der Waals surface area contributed by atoms with E-state index in [0.29, 0.717) is 16.7 Å². The zero-order valence-electron chi connectivity index (χ0n) is 11.3. The fourth-order valence-corrected chi connectivity index (χ4v) is 3.60. The molecule has 0 aliphatic carbocycles. The fraction of sp³-hybridized carbons (Fsp3) is 0.143. The van der Waals surface area contributed by atoms with Gasteiger partial charge in [0.25, 0.3) is 0 Å². The molecule has 21 heavy (non-hydrogen) atoms. The van der Waals surface area contributed by atoms with Crippen molar-refractivity contribution < 1.29 is 8.42 Å². The van der Waals surface area contributed by atoms with Gasteiger partial charge < -0.3 is 4.98 Å². The number of nitrogens with zero attached hydrogens (tertiary/aromatic N) is 2. The molecule has 0 spiro atoms. The van der Waals surface area contributed by atoms with Crippen molar-refractivity contribution in [1.29, 1.82) is 0 Å². The van der Waals surface area contributed by atoms with Crippen LogP contribution in [0.3, 0.4) is 0 Å². The van der Waals surface area contributed by atoms with Gasteiger partial charge in [-0.15, -0.1) is 0 Å². The maximum Gasteiger partial charge on any atom is 0.241 e. The lowest BCUT2D eigenvalue weighted by molar-refractivity contribution is 0.562. The highest BCUT2D eigenvalue weighted by atomic mass is 32.2. The lowest BCUT2D eigenvalue weighted by atomic mass is 10.2. The first-order valence-electron chi connectivity index (χ1n) is 6.43. The number of benzene rings is 1. The van der Waals surface area contributed by atoms with Crippen molar-refractivity contribution in [3.8, 4) is 0 Å². The maximum atomic E-state index is 12.6. The van der Waals surface area contributed by atoms with Crippen LogP contribution in [0.15, 0.2) is 53.8 Å². The van der Waals surface area contributed by atoms with E-state index in [1.165, 1.54) is 0 Å². The predicted octanol–water partition coefficient (Wildman–Crippen LogP) is 2.00. The molecule has 1 atom stereocenters. The molecule has 2 heterocycles. The number of aromatic amines is 1. The highest BCUT2D eigenvalue weighted by molar-refractivity contribution is 7.89. The summed E-state index contributed by atoms with van der Waals surface area (Å²) in [5.41, 5.74) is 0.644. The molecule has 1 aromatic carbocycles. The third-order valence-electron chi connectivity index (χ3n) is 3.16. The summed E-state index contributed by atoms with van der Waals surface area (Å²) in [5.74, 6) is 0.567. The van der Waals surface area contributed by atoms with E-state index >= 15 is 0 Å². The van der Waals surface area contributed by atoms with Crippen LogP contribution in [-0.4, -0.2) is 23.4 Å². The van der Waals surface area contributed by atoms with Crippen molar-refractivity contribution in [3.63, 3.8) is 0 Å². The van der Waals surface area contributed by atoms with Crippen LogP contribution in [0.25, 0.3) is 10.9 Å². The first-order chi connectivity index (χ1) is 10.1. The van der Waals surface area contributed by atoms with Crippen molar-refractivity contribution in [3.05, 3.63) is 54.7 Å². The Kier molecular flexibility index (Phi) is 3.44. The van der Waals surface area contributed by atoms with Gasteiger partial charge in [0.05, 0.1) is 16.5 Å². The number of H-pyrrole nitrogens is 1. The Morgan fingerprint density at radius 2 is 2.00 bits per heavy atom. The van der Waals surface area contributed by atoms with Crippen molar-refractivity contribution in [2.75, 3.05) is 0 Å². The Balaban J connectivity index is 2.01. The maximum absolute atomic E-state index is 12.6. The molecule has 3 aromatic rings. The van der Waals surface area contributed by atoms with Crippen LogP contribution < -0.4 is 4.72 Å². The number of nitrogens with one attached hydrogen (secondary N) is 2. The van der Waals surface area contributed by atoms with Gasteiger partial charge in [0.2, 0.25) is 10.0 Å². The Morgan fingerprint density at radius 3 is 2.76 bits per heavy atom. The van der Waals surface area contributed by atoms with Gasteiger partial charge in [-0.2, -0.15) is 0 Å². The first-order valence-corrected chi connectivity index (χ1v) is 7.91. The van der Waals surface area contributed by atoms with Crippen LogP contribution in [0, 0.1) is 0 Å². The van der Waals surface area contributed by atoms with Gasteiger partial charge in [0, 0.05) is 24.0 Å². The molecular weight excluding hydrogens is 288 g/mol. The van der Waals surface area contributed by atoms with E-state index in [1.54, 1.807) is 55.8 Å². The topological polar surface area (TPSA) is 87.7 Å². The fourth-order valence-electron chi connectivity index (χ4n) is 2.18. The number of aromatic nitrogens is 3. The summed E-state index contributed by atoms with van der Waals surface area (Å²) in [6.07, 6.45) is 4.88. The second-order valence-corrected chi connectivity index (χ2v) is 6.33. The van der Waals surface area contributed by atoms with Crippen molar-refractivity contribution >= 4 is 20.9 Å². The Labute approximate surface area is 122 Å². The van der Waals surface area contributed by atoms with Gasteiger partial charge in [-0.25, -0.2) is 18.1 Å². The molecule has 0 aliphatic rings. The molecule has 2 N–H and O–H groups in total. The van der Waals surface area contributed by atoms with Gasteiger partial charge in [0.1, 0.15) is 5.82 Å². The molecule has 2 aromatic heterocycles. The number of rotatable bonds is 4. The molecule has 0 radical (unpaired) electrons. The summed E-state index contributed by atoms with van der Waals surface area (Å²) in [5, 5.41) is 0.596. The molecule has 108 valence electrons. The van der Waals surface area contributed by atoms with Gasteiger partial charge in [-0.05, 0) is 31.2 Å². The minimum Gasteiger partial charge on any atom is -0.347 e. The predicted molar refractivity (Wildman–Crippen MR) is 79.1 cm³/mol. The second kappa shape index (κ2) is 5.27. The smallest absolute Gasteiger partial charge is 0.241 e. The van der Waals surface area contributed by atoms with Gasteiger partial charge in [0.15, 0.2) is 0 Å². The van der Waals surface area contributed by atoms with E-state index in [0.717, 1.165) is 0 Å². The minimum absolute atomic E-state index is 0.214. The van der Waals surface area contributed by atoms with E-state index in [4.69, 9.17) is 0 Å². The zero-order valence-corrected chi connectivity index (χ0v) is 12.1. The highest BCUT2D eigenvalue weighted by Gasteiger charge is 2.21. The van der Waals surface area contributed by atoms with E-state index < -0.39 is 16.1 Å². The molecular formula is C14H14N4O2S. The number of fused-ring (bicyclic) bond motifs is 1. The first kappa shape index (κ1) is 13.7. The van der Waals surface area contributed by atoms with E-state index in [9.17, 15) is 8.42 Å². The largest absolute Gasteiger partial charge is 0.347 e. The molecule has 0 saturated carbocycles. The van der Waals surface area contributed by atoms with Crippen LogP contribution >= 0.6 is 0 Å². The molecule has 0 fully saturated rings. The van der Waals surface area contributed by atoms with E-state index in [1.807, 2.05) is 0 Å². The molecule has 6 nitrogen and oxygen atoms in total. The second-order valence-electron chi connectivity index (χ2n) is 4.64. The molecule has 0 aliphatic heterocycles. The standard InChI is InChI=1S/C14H14N4O2S/c1-10(14-16-8-9-17-14)18-21(19,20)13-6-2-5-12-11(13)4-3-7-15-12/h2-10,18H,1H3,(H,16,17). The quantitative estimate of drug-likeness (QED) is 0.771. The summed E-state index contributed by atoms with van der Waals surface area (Å²) in [6, 6.07) is 8.05. The number of hydrogen-bond acceptors (Lipinski definition) is 4. The average Bonchev–Trinajstić information content (AvgIpc) is 3.00. The van der Waals surface area contributed by atoms with Crippen LogP contribution in [-0.2, 0) is 10.0 Å². The summed E-state index contributed by atoms with van der Waals surface area (Å²) in [7, 11) is -3.66. The Morgan fingerprint density at radius 1 is 1.14 bits per heavy atom. The highest BCUT2D eigenvalue weighted by Crippen LogP contribution is 2.22. The van der Waals surface area contributed by atoms with E-state index in [2.05, 4.69) is 19.7 Å². The summed E-state index contributed by atoms with van der Waals surface area (Å²) < 4.78 is 27.8. The molecule has 0 amide bonds. The third kappa shape index (κ3) is 2.65. The monoisotopic (exact) mass is 302 g/mol. The summed E-state index contributed by atoms with van der Waals surface area (Å²) >= 11 is 0. The number of pyridine rings is 1. The third-order valence-corrected chi connectivity index (χ3v) is 4.76. The number of imidazole rings is 1. The van der Waals surface area contributed by atoms with Crippen LogP contribution in [0.2, 0.25) is 0 Å². The average molecular weight is 302 g/mol. The minimum atomic E-state index is -3.66. The zero-order chi connectivity index (χ0) is 14.9. The van der Waals surface area contributed by atoms with Gasteiger partial charge >= 0.3 is 0 Å². The van der Waals surface area contributed by atoms with Crippen molar-refractivity contribution in [2.24, 2.45) is 0 Å². The van der Waals surface area contributed by atoms with Crippen molar-refractivity contribution in [1.82, 2.24) is 19.7 Å². The molecule has 0 saturated heterocycles. The van der Waals surface area contributed by atoms with Crippen LogP contribution in [0.4, 0.5) is 0 Å². The van der Waals surface area contributed by atoms with Crippen LogP contribution in [0.5, 0.6) is 0 Å². The van der Waals surface area contributed by atoms with Crippen LogP contribution in [0.1, 0.15) is 18.8 Å². The number of sulfonamides is 1. The molecule has 0 bridgehead atoms. The van der Waals surface area contributed by atoms with Gasteiger partial charge in [-0.3, -0.25) is 4.98 Å².